The first-order chi connectivity index (χ1) is 17.2. The number of hydrogen-bond donors (Lipinski definition) is 2. The van der Waals surface area contributed by atoms with E-state index in [1.165, 1.54) is 17.7 Å². The lowest BCUT2D eigenvalue weighted by Crippen LogP contribution is -2.51. The van der Waals surface area contributed by atoms with E-state index in [-0.39, 0.29) is 19.1 Å². The number of nitrogens with zero attached hydrogens (tertiary/aromatic N) is 2. The molecule has 10 heteroatoms. The van der Waals surface area contributed by atoms with Gasteiger partial charge in [0.05, 0.1) is 34.9 Å². The molecule has 2 heterocycles. The molecule has 2 N–H and O–H groups in total. The van der Waals surface area contributed by atoms with E-state index in [0.717, 1.165) is 28.2 Å². The number of thioether (sulfide) groups is 1. The molecule has 0 saturated carbocycles. The molecule has 0 bridgehead atoms. The van der Waals surface area contributed by atoms with Gasteiger partial charge in [-0.1, -0.05) is 36.0 Å². The maximum Gasteiger partial charge on any atom is 0.325 e. The van der Waals surface area contributed by atoms with Gasteiger partial charge in [-0.05, 0) is 36.8 Å². The molecule has 0 radical (unpaired) electrons. The van der Waals surface area contributed by atoms with Gasteiger partial charge in [0, 0.05) is 37.9 Å². The van der Waals surface area contributed by atoms with Crippen LogP contribution in [0, 0.1) is 0 Å². The van der Waals surface area contributed by atoms with Crippen LogP contribution in [0.3, 0.4) is 0 Å². The Bertz CT molecular complexity index is 1340. The lowest BCUT2D eigenvalue weighted by molar-refractivity contribution is -0.658. The van der Waals surface area contributed by atoms with Gasteiger partial charge in [-0.3, -0.25) is 9.36 Å². The van der Waals surface area contributed by atoms with E-state index in [4.69, 9.17) is 9.26 Å². The van der Waals surface area contributed by atoms with Gasteiger partial charge in [0.25, 0.3) is 5.91 Å². The van der Waals surface area contributed by atoms with Gasteiger partial charge >= 0.3 is 7.60 Å². The normalized spacial score (nSPS) is 17.6. The second-order valence-electron chi connectivity index (χ2n) is 8.77. The number of amides is 1. The van der Waals surface area contributed by atoms with Crippen molar-refractivity contribution in [1.82, 2.24) is 5.32 Å². The van der Waals surface area contributed by atoms with Crippen molar-refractivity contribution in [2.75, 3.05) is 32.3 Å². The summed E-state index contributed by atoms with van der Waals surface area (Å²) < 4.78 is 23.9. The molecule has 1 aliphatic heterocycles. The van der Waals surface area contributed by atoms with Crippen LogP contribution in [-0.2, 0) is 25.2 Å². The monoisotopic (exact) mass is 528 g/mol. The lowest BCUT2D eigenvalue weighted by Gasteiger charge is -2.25. The van der Waals surface area contributed by atoms with Gasteiger partial charge in [0.15, 0.2) is 6.20 Å². The number of hydrogen-bond acceptors (Lipinski definition) is 6. The number of para-hydroxylation sites is 2. The Labute approximate surface area is 215 Å². The average Bonchev–Trinajstić information content (AvgIpc) is 3.14. The highest BCUT2D eigenvalue weighted by Gasteiger charge is 2.27. The van der Waals surface area contributed by atoms with E-state index >= 15 is 0 Å². The van der Waals surface area contributed by atoms with Gasteiger partial charge in [0.2, 0.25) is 12.1 Å². The number of pyridine rings is 1. The van der Waals surface area contributed by atoms with Crippen molar-refractivity contribution in [2.24, 2.45) is 0 Å². The third-order valence-electron chi connectivity index (χ3n) is 5.94. The van der Waals surface area contributed by atoms with Crippen molar-refractivity contribution in [3.8, 4) is 0 Å². The SMILES string of the molecule is COCC(NC(=O)C[n+]1ccc(/C=C2\Sc3ccccc3N2C)c2ccccc21)C(C)OP(C)(=O)O. The number of ether oxygens (including phenoxy) is 1. The zero-order valence-electron chi connectivity index (χ0n) is 20.7. The highest BCUT2D eigenvalue weighted by molar-refractivity contribution is 8.03. The maximum atomic E-state index is 12.9. The van der Waals surface area contributed by atoms with Gasteiger partial charge in [-0.2, -0.15) is 4.57 Å². The summed E-state index contributed by atoms with van der Waals surface area (Å²) in [5, 5.41) is 5.04. The van der Waals surface area contributed by atoms with Gasteiger partial charge < -0.3 is 24.4 Å². The molecule has 0 spiro atoms. The summed E-state index contributed by atoms with van der Waals surface area (Å²) in [5.74, 6) is -0.251. The summed E-state index contributed by atoms with van der Waals surface area (Å²) in [7, 11) is -0.137. The summed E-state index contributed by atoms with van der Waals surface area (Å²) in [4.78, 5) is 25.9. The third kappa shape index (κ3) is 6.17. The van der Waals surface area contributed by atoms with E-state index < -0.39 is 19.7 Å². The molecule has 1 aromatic heterocycles. The smallest absolute Gasteiger partial charge is 0.325 e. The summed E-state index contributed by atoms with van der Waals surface area (Å²) in [5.41, 5.74) is 3.17. The molecule has 3 atom stereocenters. The average molecular weight is 529 g/mol. The van der Waals surface area contributed by atoms with E-state index in [9.17, 15) is 14.3 Å². The molecule has 8 nitrogen and oxygen atoms in total. The minimum Gasteiger partial charge on any atom is -0.382 e. The number of methoxy groups -OCH3 is 1. The van der Waals surface area contributed by atoms with Crippen LogP contribution >= 0.6 is 19.4 Å². The van der Waals surface area contributed by atoms with Crippen LogP contribution in [0.4, 0.5) is 5.69 Å². The van der Waals surface area contributed by atoms with E-state index in [0.29, 0.717) is 0 Å². The van der Waals surface area contributed by atoms with Gasteiger partial charge in [-0.25, -0.2) is 0 Å². The number of rotatable bonds is 9. The Hall–Kier alpha value is -2.68. The standard InChI is InChI=1S/C26H30N3O5PS/c1-18(34-35(4,31)32)21(17-33-3)27-25(30)16-29-14-13-19(20-9-5-6-10-22(20)29)15-26-28(2)23-11-7-8-12-24(23)36-26/h5-15,18,21H,16-17H2,1-4H3,(H-,27,30,31,32)/p+1. The van der Waals surface area contributed by atoms with Crippen LogP contribution in [-0.4, -0.2) is 50.4 Å². The quantitative estimate of drug-likeness (QED) is 0.320. The van der Waals surface area contributed by atoms with Crippen LogP contribution in [0.15, 0.2) is 70.7 Å². The van der Waals surface area contributed by atoms with E-state index in [2.05, 4.69) is 35.5 Å². The molecule has 0 saturated heterocycles. The molecule has 1 amide bonds. The maximum absolute atomic E-state index is 12.9. The fourth-order valence-corrected chi connectivity index (χ4v) is 6.08. The topological polar surface area (TPSA) is 92.0 Å². The van der Waals surface area contributed by atoms with Crippen LogP contribution < -0.4 is 14.8 Å². The van der Waals surface area contributed by atoms with Crippen molar-refractivity contribution < 1.29 is 28.1 Å². The van der Waals surface area contributed by atoms with E-state index in [1.807, 2.05) is 53.2 Å². The van der Waals surface area contributed by atoms with E-state index in [1.54, 1.807) is 18.7 Å². The molecular weight excluding hydrogens is 497 g/mol. The molecule has 3 unspecified atom stereocenters. The predicted octanol–water partition coefficient (Wildman–Crippen LogP) is 4.02. The molecule has 36 heavy (non-hydrogen) atoms. The molecule has 3 aromatic rings. The molecule has 4 rings (SSSR count). The van der Waals surface area contributed by atoms with Crippen LogP contribution in [0.2, 0.25) is 0 Å². The number of carbonyl (C=O) groups is 1. The Morgan fingerprint density at radius 3 is 2.67 bits per heavy atom. The van der Waals surface area contributed by atoms with Crippen molar-refractivity contribution >= 4 is 47.9 Å². The Morgan fingerprint density at radius 1 is 1.22 bits per heavy atom. The highest BCUT2D eigenvalue weighted by atomic mass is 32.2. The zero-order valence-corrected chi connectivity index (χ0v) is 22.5. The Balaban J connectivity index is 1.56. The summed E-state index contributed by atoms with van der Waals surface area (Å²) in [6, 6.07) is 17.7. The Kier molecular flexibility index (Phi) is 8.17. The largest absolute Gasteiger partial charge is 0.382 e. The number of aromatic nitrogens is 1. The van der Waals surface area contributed by atoms with Gasteiger partial charge in [0.1, 0.15) is 0 Å². The minimum absolute atomic E-state index is 0.0767. The molecule has 2 aromatic carbocycles. The molecule has 0 aliphatic carbocycles. The first kappa shape index (κ1) is 26.4. The fraction of sp³-hybridized carbons (Fsp3) is 0.308. The highest BCUT2D eigenvalue weighted by Crippen LogP contribution is 2.45. The van der Waals surface area contributed by atoms with Crippen molar-refractivity contribution in [3.05, 3.63) is 71.4 Å². The van der Waals surface area contributed by atoms with Crippen LogP contribution in [0.1, 0.15) is 12.5 Å². The number of nitrogens with one attached hydrogen (secondary N) is 1. The Morgan fingerprint density at radius 2 is 1.94 bits per heavy atom. The number of carbonyl (C=O) groups excluding carboxylic acids is 1. The predicted molar refractivity (Wildman–Crippen MR) is 143 cm³/mol. The second kappa shape index (κ2) is 11.2. The summed E-state index contributed by atoms with van der Waals surface area (Å²) >= 11 is 1.74. The first-order valence-corrected chi connectivity index (χ1v) is 14.4. The minimum atomic E-state index is -3.71. The van der Waals surface area contributed by atoms with Crippen LogP contribution in [0.5, 0.6) is 0 Å². The van der Waals surface area contributed by atoms with Crippen molar-refractivity contribution in [1.29, 1.82) is 0 Å². The van der Waals surface area contributed by atoms with Crippen LogP contribution in [0.25, 0.3) is 17.0 Å². The summed E-state index contributed by atoms with van der Waals surface area (Å²) in [6.07, 6.45) is 3.37. The zero-order chi connectivity index (χ0) is 25.9. The van der Waals surface area contributed by atoms with Crippen molar-refractivity contribution in [3.63, 3.8) is 0 Å². The number of anilines is 1. The molecule has 1 aliphatic rings. The number of benzene rings is 2. The lowest BCUT2D eigenvalue weighted by atomic mass is 10.1. The molecule has 190 valence electrons. The fourth-order valence-electron chi connectivity index (χ4n) is 4.22. The first-order valence-electron chi connectivity index (χ1n) is 11.6. The van der Waals surface area contributed by atoms with Gasteiger partial charge in [-0.15, -0.1) is 0 Å². The molecular formula is C26H31N3O5PS+. The summed E-state index contributed by atoms with van der Waals surface area (Å²) in [6.45, 7) is 2.98. The second-order valence-corrected chi connectivity index (χ2v) is 11.6. The third-order valence-corrected chi connectivity index (χ3v) is 7.83. The van der Waals surface area contributed by atoms with Crippen molar-refractivity contribution in [2.45, 2.75) is 30.5 Å². The number of fused-ring (bicyclic) bond motifs is 2. The molecule has 0 fully saturated rings.